The van der Waals surface area contributed by atoms with Crippen molar-refractivity contribution in [1.82, 2.24) is 19.9 Å². The van der Waals surface area contributed by atoms with Crippen LogP contribution in [0.15, 0.2) is 30.3 Å². The summed E-state index contributed by atoms with van der Waals surface area (Å²) in [4.78, 5) is 26.4. The number of rotatable bonds is 5. The fraction of sp³-hybridized carbons (Fsp3) is 0.500. The molecule has 0 spiro atoms. The molecule has 3 aromatic rings. The molecular weight excluding hydrogens is 450 g/mol. The predicted molar refractivity (Wildman–Crippen MR) is 131 cm³/mol. The molecule has 3 aliphatic rings. The van der Waals surface area contributed by atoms with Gasteiger partial charge in [-0.1, -0.05) is 18.2 Å². The van der Waals surface area contributed by atoms with Crippen LogP contribution in [-0.4, -0.2) is 98.8 Å². The van der Waals surface area contributed by atoms with Gasteiger partial charge in [-0.15, -0.1) is 0 Å². The summed E-state index contributed by atoms with van der Waals surface area (Å²) in [5, 5.41) is 0. The van der Waals surface area contributed by atoms with Gasteiger partial charge in [0.1, 0.15) is 5.75 Å². The van der Waals surface area contributed by atoms with Crippen LogP contribution in [0.3, 0.4) is 0 Å². The van der Waals surface area contributed by atoms with Crippen molar-refractivity contribution in [3.8, 4) is 11.6 Å². The Hall–Kier alpha value is -3.28. The van der Waals surface area contributed by atoms with E-state index in [1.54, 1.807) is 0 Å². The lowest BCUT2D eigenvalue weighted by molar-refractivity contribution is 0.120. The first kappa shape index (κ1) is 22.2. The Morgan fingerprint density at radius 2 is 1.14 bits per heavy atom. The van der Waals surface area contributed by atoms with E-state index in [-0.39, 0.29) is 0 Å². The second kappa shape index (κ2) is 10.1. The third-order valence-corrected chi connectivity index (χ3v) is 6.32. The van der Waals surface area contributed by atoms with E-state index in [0.717, 1.165) is 37.8 Å². The molecule has 0 atom stereocenters. The first-order chi connectivity index (χ1) is 17.3. The molecule has 35 heavy (non-hydrogen) atoms. The Labute approximate surface area is 203 Å². The number of para-hydroxylation sites is 1. The zero-order valence-corrected chi connectivity index (χ0v) is 19.6. The molecule has 184 valence electrons. The molecule has 11 nitrogen and oxygen atoms in total. The van der Waals surface area contributed by atoms with Crippen LogP contribution in [-0.2, 0) is 14.2 Å². The predicted octanol–water partition coefficient (Wildman–Crippen LogP) is 1.72. The molecule has 0 radical (unpaired) electrons. The normalized spacial score (nSPS) is 19.3. The smallest absolute Gasteiger partial charge is 0.252 e. The number of anilines is 3. The summed E-state index contributed by atoms with van der Waals surface area (Å²) in [5.41, 5.74) is 1.07. The summed E-state index contributed by atoms with van der Waals surface area (Å²) >= 11 is 0. The minimum absolute atomic E-state index is 0.401. The average Bonchev–Trinajstić information content (AvgIpc) is 2.94. The lowest BCUT2D eigenvalue weighted by atomic mass is 10.3. The van der Waals surface area contributed by atoms with Crippen molar-refractivity contribution in [2.45, 2.75) is 0 Å². The molecule has 0 N–H and O–H groups in total. The summed E-state index contributed by atoms with van der Waals surface area (Å²) in [5.74, 6) is 3.29. The minimum Gasteiger partial charge on any atom is -0.437 e. The Bertz CT molecular complexity index is 1150. The molecule has 2 aromatic heterocycles. The van der Waals surface area contributed by atoms with Crippen molar-refractivity contribution >= 4 is 28.7 Å². The molecule has 5 heterocycles. The number of ether oxygens (including phenoxy) is 4. The molecule has 0 bridgehead atoms. The highest BCUT2D eigenvalue weighted by molar-refractivity contribution is 5.83. The highest BCUT2D eigenvalue weighted by atomic mass is 16.5. The maximum atomic E-state index is 6.26. The Balaban J connectivity index is 1.49. The number of aromatic nitrogens is 4. The lowest BCUT2D eigenvalue weighted by Crippen LogP contribution is -2.41. The van der Waals surface area contributed by atoms with Gasteiger partial charge in [0, 0.05) is 39.3 Å². The van der Waals surface area contributed by atoms with Gasteiger partial charge in [0.15, 0.2) is 22.8 Å². The fourth-order valence-corrected chi connectivity index (χ4v) is 4.44. The number of fused-ring (bicyclic) bond motifs is 1. The number of benzene rings is 1. The molecule has 11 heteroatoms. The molecule has 0 saturated carbocycles. The van der Waals surface area contributed by atoms with Gasteiger partial charge in [0.05, 0.1) is 39.6 Å². The quantitative estimate of drug-likeness (QED) is 0.535. The van der Waals surface area contributed by atoms with E-state index in [0.29, 0.717) is 81.5 Å². The maximum absolute atomic E-state index is 6.26. The molecule has 6 rings (SSSR count). The lowest BCUT2D eigenvalue weighted by Gasteiger charge is -2.34. The Morgan fingerprint density at radius 1 is 0.600 bits per heavy atom. The first-order valence-electron chi connectivity index (χ1n) is 12.2. The molecule has 0 aliphatic carbocycles. The summed E-state index contributed by atoms with van der Waals surface area (Å²) < 4.78 is 23.0. The van der Waals surface area contributed by atoms with Gasteiger partial charge in [-0.25, -0.2) is 9.97 Å². The van der Waals surface area contributed by atoms with Gasteiger partial charge in [0.25, 0.3) is 5.88 Å². The molecular formula is C24H29N7O4. The number of hydrogen-bond acceptors (Lipinski definition) is 11. The van der Waals surface area contributed by atoms with Crippen molar-refractivity contribution in [2.24, 2.45) is 0 Å². The van der Waals surface area contributed by atoms with Crippen molar-refractivity contribution < 1.29 is 18.9 Å². The van der Waals surface area contributed by atoms with Gasteiger partial charge in [-0.3, -0.25) is 0 Å². The largest absolute Gasteiger partial charge is 0.437 e. The van der Waals surface area contributed by atoms with Crippen LogP contribution in [0, 0.1) is 0 Å². The van der Waals surface area contributed by atoms with Gasteiger partial charge in [0.2, 0.25) is 5.95 Å². The van der Waals surface area contributed by atoms with E-state index in [1.165, 1.54) is 0 Å². The van der Waals surface area contributed by atoms with Gasteiger partial charge in [-0.2, -0.15) is 9.97 Å². The second-order valence-electron chi connectivity index (χ2n) is 8.59. The Morgan fingerprint density at radius 3 is 1.74 bits per heavy atom. The zero-order chi connectivity index (χ0) is 23.5. The van der Waals surface area contributed by atoms with Crippen molar-refractivity contribution in [3.63, 3.8) is 0 Å². The SMILES string of the molecule is c1ccc(Oc2nc(N3CCOCC3)nc3nc(N4CCOCC4)c(N4CCOCC4)nc23)cc1. The van der Waals surface area contributed by atoms with E-state index in [2.05, 4.69) is 14.7 Å². The fourth-order valence-electron chi connectivity index (χ4n) is 4.44. The van der Waals surface area contributed by atoms with Crippen LogP contribution in [0.2, 0.25) is 0 Å². The van der Waals surface area contributed by atoms with E-state index in [1.807, 2.05) is 30.3 Å². The number of nitrogens with zero attached hydrogens (tertiary/aromatic N) is 7. The third kappa shape index (κ3) is 4.79. The minimum atomic E-state index is 0.401. The summed E-state index contributed by atoms with van der Waals surface area (Å²) in [6, 6.07) is 9.63. The molecule has 3 saturated heterocycles. The van der Waals surface area contributed by atoms with E-state index in [4.69, 9.17) is 38.9 Å². The topological polar surface area (TPSA) is 98.2 Å². The summed E-state index contributed by atoms with van der Waals surface area (Å²) in [6.45, 7) is 8.34. The van der Waals surface area contributed by atoms with Crippen LogP contribution in [0.4, 0.5) is 17.6 Å². The van der Waals surface area contributed by atoms with Crippen molar-refractivity contribution in [1.29, 1.82) is 0 Å². The van der Waals surface area contributed by atoms with Crippen LogP contribution in [0.25, 0.3) is 11.2 Å². The van der Waals surface area contributed by atoms with Crippen molar-refractivity contribution in [2.75, 3.05) is 93.6 Å². The average molecular weight is 480 g/mol. The van der Waals surface area contributed by atoms with Gasteiger partial charge < -0.3 is 33.6 Å². The molecule has 3 fully saturated rings. The van der Waals surface area contributed by atoms with Gasteiger partial charge in [-0.05, 0) is 12.1 Å². The number of morpholine rings is 3. The third-order valence-electron chi connectivity index (χ3n) is 6.32. The van der Waals surface area contributed by atoms with Gasteiger partial charge >= 0.3 is 0 Å². The van der Waals surface area contributed by atoms with Crippen LogP contribution in [0.1, 0.15) is 0 Å². The van der Waals surface area contributed by atoms with Crippen LogP contribution >= 0.6 is 0 Å². The Kier molecular flexibility index (Phi) is 6.43. The highest BCUT2D eigenvalue weighted by Crippen LogP contribution is 2.34. The molecule has 1 aromatic carbocycles. The van der Waals surface area contributed by atoms with E-state index in [9.17, 15) is 0 Å². The van der Waals surface area contributed by atoms with Crippen molar-refractivity contribution in [3.05, 3.63) is 30.3 Å². The maximum Gasteiger partial charge on any atom is 0.252 e. The van der Waals surface area contributed by atoms with Crippen LogP contribution < -0.4 is 19.4 Å². The number of hydrogen-bond donors (Lipinski definition) is 0. The highest BCUT2D eigenvalue weighted by Gasteiger charge is 2.27. The second-order valence-corrected chi connectivity index (χ2v) is 8.59. The standard InChI is InChI=1S/C24H29N7O4/c1-2-4-18(5-3-1)35-23-19-20(27-24(28-23)31-10-16-34-17-11-31)26-22(30-8-14-33-15-9-30)21(25-19)29-6-12-32-13-7-29/h1-5H,6-17H2. The summed E-state index contributed by atoms with van der Waals surface area (Å²) in [7, 11) is 0. The zero-order valence-electron chi connectivity index (χ0n) is 19.6. The monoisotopic (exact) mass is 479 g/mol. The first-order valence-corrected chi connectivity index (χ1v) is 12.2. The van der Waals surface area contributed by atoms with E-state index < -0.39 is 0 Å². The van der Waals surface area contributed by atoms with E-state index >= 15 is 0 Å². The summed E-state index contributed by atoms with van der Waals surface area (Å²) in [6.07, 6.45) is 0. The van der Waals surface area contributed by atoms with Crippen LogP contribution in [0.5, 0.6) is 11.6 Å². The molecule has 0 amide bonds. The molecule has 3 aliphatic heterocycles. The molecule has 0 unspecified atom stereocenters.